The van der Waals surface area contributed by atoms with Crippen LogP contribution in [0, 0.1) is 5.92 Å². The highest BCUT2D eigenvalue weighted by atomic mass is 16.2. The topological polar surface area (TPSA) is 98.2 Å². The second kappa shape index (κ2) is 5.73. The molecule has 2 unspecified atom stereocenters. The van der Waals surface area contributed by atoms with Crippen molar-refractivity contribution < 1.29 is 9.59 Å². The van der Waals surface area contributed by atoms with E-state index in [4.69, 9.17) is 11.5 Å². The smallest absolute Gasteiger partial charge is 0.253 e. The zero-order valence-electron chi connectivity index (χ0n) is 10.8. The van der Waals surface area contributed by atoms with Crippen LogP contribution in [0.25, 0.3) is 0 Å². The molecule has 5 N–H and O–H groups in total. The molecule has 0 spiro atoms. The van der Waals surface area contributed by atoms with Crippen molar-refractivity contribution in [1.29, 1.82) is 0 Å². The van der Waals surface area contributed by atoms with Crippen molar-refractivity contribution in [2.24, 2.45) is 11.7 Å². The Bertz CT molecular complexity index is 487. The van der Waals surface area contributed by atoms with Crippen LogP contribution in [0.15, 0.2) is 24.3 Å². The highest BCUT2D eigenvalue weighted by Crippen LogP contribution is 2.24. The van der Waals surface area contributed by atoms with Crippen molar-refractivity contribution in [2.75, 3.05) is 5.73 Å². The number of nitrogens with one attached hydrogen (secondary N) is 1. The molecule has 1 saturated carbocycles. The van der Waals surface area contributed by atoms with E-state index in [1.165, 1.54) is 0 Å². The number of primary amides is 1. The third-order valence-corrected chi connectivity index (χ3v) is 3.62. The summed E-state index contributed by atoms with van der Waals surface area (Å²) in [7, 11) is 0. The minimum atomic E-state index is -0.279. The molecule has 1 aromatic rings. The normalized spacial score (nSPS) is 22.7. The molecule has 1 aliphatic carbocycles. The van der Waals surface area contributed by atoms with Crippen LogP contribution in [0.3, 0.4) is 0 Å². The summed E-state index contributed by atoms with van der Waals surface area (Å²) in [5.74, 6) is -0.599. The summed E-state index contributed by atoms with van der Waals surface area (Å²) in [5, 5.41) is 2.93. The SMILES string of the molecule is NC(=O)C1CCCC(NC(=O)c2ccccc2N)C1. The minimum Gasteiger partial charge on any atom is -0.398 e. The summed E-state index contributed by atoms with van der Waals surface area (Å²) >= 11 is 0. The van der Waals surface area contributed by atoms with Gasteiger partial charge in [0.2, 0.25) is 5.91 Å². The van der Waals surface area contributed by atoms with Gasteiger partial charge < -0.3 is 16.8 Å². The van der Waals surface area contributed by atoms with Gasteiger partial charge in [0.15, 0.2) is 0 Å². The van der Waals surface area contributed by atoms with E-state index in [1.807, 2.05) is 0 Å². The Balaban J connectivity index is 1.99. The van der Waals surface area contributed by atoms with Gasteiger partial charge in [-0.25, -0.2) is 0 Å². The van der Waals surface area contributed by atoms with Crippen molar-refractivity contribution in [3.8, 4) is 0 Å². The van der Waals surface area contributed by atoms with Gasteiger partial charge in [-0.3, -0.25) is 9.59 Å². The lowest BCUT2D eigenvalue weighted by Crippen LogP contribution is -2.41. The maximum atomic E-state index is 12.1. The van der Waals surface area contributed by atoms with Gasteiger partial charge in [0.1, 0.15) is 0 Å². The number of benzene rings is 1. The predicted octanol–water partition coefficient (Wildman–Crippen LogP) is 1.04. The maximum absolute atomic E-state index is 12.1. The first-order chi connectivity index (χ1) is 9.08. The monoisotopic (exact) mass is 261 g/mol. The van der Waals surface area contributed by atoms with Gasteiger partial charge in [-0.1, -0.05) is 18.6 Å². The Kier molecular flexibility index (Phi) is 4.04. The minimum absolute atomic E-state index is 0.00152. The molecule has 19 heavy (non-hydrogen) atoms. The number of hydrogen-bond acceptors (Lipinski definition) is 3. The summed E-state index contributed by atoms with van der Waals surface area (Å²) in [4.78, 5) is 23.3. The number of nitrogens with two attached hydrogens (primary N) is 2. The van der Waals surface area contributed by atoms with Crippen LogP contribution >= 0.6 is 0 Å². The summed E-state index contributed by atoms with van der Waals surface area (Å²) in [6.07, 6.45) is 3.22. The second-order valence-corrected chi connectivity index (χ2v) is 5.02. The first-order valence-electron chi connectivity index (χ1n) is 6.52. The number of carbonyl (C=O) groups is 2. The highest BCUT2D eigenvalue weighted by molar-refractivity contribution is 5.99. The van der Waals surface area contributed by atoms with Gasteiger partial charge in [-0.15, -0.1) is 0 Å². The molecule has 2 amide bonds. The van der Waals surface area contributed by atoms with E-state index in [2.05, 4.69) is 5.32 Å². The number of carbonyl (C=O) groups excluding carboxylic acids is 2. The predicted molar refractivity (Wildman–Crippen MR) is 73.3 cm³/mol. The number of hydrogen-bond donors (Lipinski definition) is 3. The molecule has 2 rings (SSSR count). The molecule has 0 saturated heterocycles. The van der Waals surface area contributed by atoms with E-state index in [1.54, 1.807) is 24.3 Å². The van der Waals surface area contributed by atoms with E-state index in [9.17, 15) is 9.59 Å². The average molecular weight is 261 g/mol. The first-order valence-corrected chi connectivity index (χ1v) is 6.52. The van der Waals surface area contributed by atoms with Crippen LogP contribution in [-0.4, -0.2) is 17.9 Å². The van der Waals surface area contributed by atoms with Gasteiger partial charge in [-0.2, -0.15) is 0 Å². The third-order valence-electron chi connectivity index (χ3n) is 3.62. The Morgan fingerprint density at radius 1 is 1.21 bits per heavy atom. The lowest BCUT2D eigenvalue weighted by atomic mass is 9.85. The number of nitrogen functional groups attached to an aromatic ring is 1. The van der Waals surface area contributed by atoms with Gasteiger partial charge in [0, 0.05) is 17.6 Å². The van der Waals surface area contributed by atoms with E-state index >= 15 is 0 Å². The fraction of sp³-hybridized carbons (Fsp3) is 0.429. The zero-order chi connectivity index (χ0) is 13.8. The van der Waals surface area contributed by atoms with Crippen molar-refractivity contribution in [3.63, 3.8) is 0 Å². The molecule has 0 heterocycles. The zero-order valence-corrected chi connectivity index (χ0v) is 10.8. The van der Waals surface area contributed by atoms with Crippen molar-refractivity contribution >= 4 is 17.5 Å². The Morgan fingerprint density at radius 2 is 1.95 bits per heavy atom. The van der Waals surface area contributed by atoms with Crippen molar-refractivity contribution in [2.45, 2.75) is 31.7 Å². The lowest BCUT2D eigenvalue weighted by Gasteiger charge is -2.28. The van der Waals surface area contributed by atoms with Gasteiger partial charge >= 0.3 is 0 Å². The number of rotatable bonds is 3. The highest BCUT2D eigenvalue weighted by Gasteiger charge is 2.27. The fourth-order valence-corrected chi connectivity index (χ4v) is 2.55. The quantitative estimate of drug-likeness (QED) is 0.709. The molecule has 102 valence electrons. The van der Waals surface area contributed by atoms with Crippen molar-refractivity contribution in [1.82, 2.24) is 5.32 Å². The number of amides is 2. The molecular formula is C14H19N3O2. The van der Waals surface area contributed by atoms with Crippen LogP contribution in [0.2, 0.25) is 0 Å². The van der Waals surface area contributed by atoms with Crippen LogP contribution < -0.4 is 16.8 Å². The second-order valence-electron chi connectivity index (χ2n) is 5.02. The van der Waals surface area contributed by atoms with Crippen LogP contribution in [-0.2, 0) is 4.79 Å². The number of anilines is 1. The molecule has 1 fully saturated rings. The molecule has 0 radical (unpaired) electrons. The molecule has 0 bridgehead atoms. The van der Waals surface area contributed by atoms with E-state index in [0.29, 0.717) is 17.7 Å². The van der Waals surface area contributed by atoms with E-state index in [-0.39, 0.29) is 23.8 Å². The molecular weight excluding hydrogens is 242 g/mol. The third kappa shape index (κ3) is 3.24. The standard InChI is InChI=1S/C14H19N3O2/c15-12-7-2-1-6-11(12)14(19)17-10-5-3-4-9(8-10)13(16)18/h1-2,6-7,9-10H,3-5,8,15H2,(H2,16,18)(H,17,19). The Hall–Kier alpha value is -2.04. The molecule has 0 aliphatic heterocycles. The summed E-state index contributed by atoms with van der Waals surface area (Å²) < 4.78 is 0. The summed E-state index contributed by atoms with van der Waals surface area (Å²) in [6.45, 7) is 0. The van der Waals surface area contributed by atoms with E-state index < -0.39 is 0 Å². The largest absolute Gasteiger partial charge is 0.398 e. The molecule has 2 atom stereocenters. The van der Waals surface area contributed by atoms with Crippen LogP contribution in [0.5, 0.6) is 0 Å². The van der Waals surface area contributed by atoms with Crippen LogP contribution in [0.1, 0.15) is 36.0 Å². The maximum Gasteiger partial charge on any atom is 0.253 e. The molecule has 1 aromatic carbocycles. The summed E-state index contributed by atoms with van der Waals surface area (Å²) in [6, 6.07) is 6.95. The van der Waals surface area contributed by atoms with Crippen LogP contribution in [0.4, 0.5) is 5.69 Å². The van der Waals surface area contributed by atoms with E-state index in [0.717, 1.165) is 19.3 Å². The first kappa shape index (κ1) is 13.4. The fourth-order valence-electron chi connectivity index (χ4n) is 2.55. The Labute approximate surface area is 112 Å². The van der Waals surface area contributed by atoms with Crippen molar-refractivity contribution in [3.05, 3.63) is 29.8 Å². The lowest BCUT2D eigenvalue weighted by molar-refractivity contribution is -0.122. The van der Waals surface area contributed by atoms with Gasteiger partial charge in [0.25, 0.3) is 5.91 Å². The molecule has 5 nitrogen and oxygen atoms in total. The molecule has 0 aromatic heterocycles. The Morgan fingerprint density at radius 3 is 2.63 bits per heavy atom. The van der Waals surface area contributed by atoms with Gasteiger partial charge in [-0.05, 0) is 31.4 Å². The average Bonchev–Trinajstić information content (AvgIpc) is 2.39. The molecule has 5 heteroatoms. The molecule has 1 aliphatic rings. The number of para-hydroxylation sites is 1. The van der Waals surface area contributed by atoms with Gasteiger partial charge in [0.05, 0.1) is 5.56 Å². The summed E-state index contributed by atoms with van der Waals surface area (Å²) in [5.41, 5.74) is 12.0.